The van der Waals surface area contributed by atoms with Crippen LogP contribution >= 0.6 is 11.6 Å². The van der Waals surface area contributed by atoms with Crippen LogP contribution in [-0.4, -0.2) is 19.6 Å². The summed E-state index contributed by atoms with van der Waals surface area (Å²) in [7, 11) is 0. The molecule has 0 saturated carbocycles. The Morgan fingerprint density at radius 3 is 2.36 bits per heavy atom. The Morgan fingerprint density at radius 2 is 1.64 bits per heavy atom. The van der Waals surface area contributed by atoms with Crippen molar-refractivity contribution in [2.75, 3.05) is 0 Å². The van der Waals surface area contributed by atoms with Crippen molar-refractivity contribution in [1.82, 2.24) is 14.5 Å². The summed E-state index contributed by atoms with van der Waals surface area (Å²) < 4.78 is 16.5. The molecule has 0 amide bonds. The molecule has 3 aromatic heterocycles. The maximum absolute atomic E-state index is 14.4. The van der Waals surface area contributed by atoms with Gasteiger partial charge >= 0.3 is 0 Å². The number of pyridine rings is 2. The van der Waals surface area contributed by atoms with E-state index in [1.54, 1.807) is 36.7 Å². The van der Waals surface area contributed by atoms with Gasteiger partial charge in [-0.1, -0.05) is 61.3 Å². The van der Waals surface area contributed by atoms with Crippen LogP contribution in [0, 0.1) is 5.82 Å². The minimum Gasteiger partial charge on any atom is -0.376 e. The van der Waals surface area contributed by atoms with Crippen LogP contribution in [-0.2, 0) is 18.4 Å². The number of fused-ring (bicyclic) bond motifs is 1. The fourth-order valence-electron chi connectivity index (χ4n) is 5.55. The zero-order valence-corrected chi connectivity index (χ0v) is 24.1. The van der Waals surface area contributed by atoms with Gasteiger partial charge in [0.15, 0.2) is 0 Å². The van der Waals surface area contributed by atoms with Crippen molar-refractivity contribution in [1.29, 1.82) is 0 Å². The predicted octanol–water partition coefficient (Wildman–Crippen LogP) is 8.43. The molecular formula is C36H31ClFN3O. The van der Waals surface area contributed by atoms with Crippen LogP contribution in [0.3, 0.4) is 0 Å². The van der Waals surface area contributed by atoms with E-state index in [1.807, 2.05) is 42.7 Å². The molecule has 6 heteroatoms. The molecular weight excluding hydrogens is 545 g/mol. The van der Waals surface area contributed by atoms with Crippen molar-refractivity contribution in [3.8, 4) is 5.69 Å². The SMILES string of the molecule is CCCCc1nc2ccc(C(O)(c3cccnc3)c3cccc(F)c3)cc2c(Cl)c1Cc1ccc(-n2cccc2)cc1. The van der Waals surface area contributed by atoms with E-state index in [1.165, 1.54) is 12.1 Å². The van der Waals surface area contributed by atoms with Gasteiger partial charge in [-0.05, 0) is 89.7 Å². The van der Waals surface area contributed by atoms with Crippen molar-refractivity contribution in [3.05, 3.63) is 160 Å². The minimum absolute atomic E-state index is 0.404. The molecule has 0 saturated heterocycles. The fraction of sp³-hybridized carbons (Fsp3) is 0.167. The smallest absolute Gasteiger partial charge is 0.142 e. The van der Waals surface area contributed by atoms with Crippen LogP contribution in [0.25, 0.3) is 16.6 Å². The lowest BCUT2D eigenvalue weighted by molar-refractivity contribution is 0.125. The first kappa shape index (κ1) is 27.8. The number of hydrogen-bond acceptors (Lipinski definition) is 3. The minimum atomic E-state index is -1.65. The first-order valence-corrected chi connectivity index (χ1v) is 14.6. The number of halogens is 2. The van der Waals surface area contributed by atoms with E-state index in [0.717, 1.165) is 52.7 Å². The zero-order valence-electron chi connectivity index (χ0n) is 23.3. The van der Waals surface area contributed by atoms with Crippen LogP contribution in [0.15, 0.2) is 116 Å². The normalized spacial score (nSPS) is 12.9. The van der Waals surface area contributed by atoms with E-state index in [9.17, 15) is 9.50 Å². The van der Waals surface area contributed by atoms with Crippen LogP contribution in [0.2, 0.25) is 5.02 Å². The van der Waals surface area contributed by atoms with Gasteiger partial charge in [-0.2, -0.15) is 0 Å². The van der Waals surface area contributed by atoms with Crippen LogP contribution in [0.4, 0.5) is 4.39 Å². The van der Waals surface area contributed by atoms with E-state index >= 15 is 0 Å². The molecule has 1 N–H and O–H groups in total. The number of nitrogens with zero attached hydrogens (tertiary/aromatic N) is 3. The monoisotopic (exact) mass is 575 g/mol. The number of rotatable bonds is 9. The molecule has 6 rings (SSSR count). The van der Waals surface area contributed by atoms with Crippen molar-refractivity contribution in [2.24, 2.45) is 0 Å². The average molecular weight is 576 g/mol. The molecule has 0 spiro atoms. The second-order valence-electron chi connectivity index (χ2n) is 10.6. The Morgan fingerprint density at radius 1 is 0.881 bits per heavy atom. The molecule has 0 aliphatic rings. The first-order chi connectivity index (χ1) is 20.5. The van der Waals surface area contributed by atoms with Crippen LogP contribution < -0.4 is 0 Å². The van der Waals surface area contributed by atoms with E-state index < -0.39 is 11.4 Å². The van der Waals surface area contributed by atoms with Crippen molar-refractivity contribution in [3.63, 3.8) is 0 Å². The number of hydrogen-bond donors (Lipinski definition) is 1. The fourth-order valence-corrected chi connectivity index (χ4v) is 5.88. The predicted molar refractivity (Wildman–Crippen MR) is 167 cm³/mol. The third-order valence-corrected chi connectivity index (χ3v) is 8.26. The second-order valence-corrected chi connectivity index (χ2v) is 11.0. The first-order valence-electron chi connectivity index (χ1n) is 14.2. The Hall–Kier alpha value is -4.32. The Balaban J connectivity index is 1.47. The highest BCUT2D eigenvalue weighted by Crippen LogP contribution is 2.40. The van der Waals surface area contributed by atoms with Gasteiger partial charge < -0.3 is 9.67 Å². The van der Waals surface area contributed by atoms with Gasteiger partial charge in [0, 0.05) is 53.5 Å². The molecule has 3 aromatic carbocycles. The van der Waals surface area contributed by atoms with Gasteiger partial charge in [0.05, 0.1) is 10.5 Å². The Labute approximate surface area is 250 Å². The largest absolute Gasteiger partial charge is 0.376 e. The van der Waals surface area contributed by atoms with Gasteiger partial charge in [-0.25, -0.2) is 4.39 Å². The molecule has 210 valence electrons. The van der Waals surface area contributed by atoms with E-state index in [-0.39, 0.29) is 0 Å². The maximum atomic E-state index is 14.4. The molecule has 1 unspecified atom stereocenters. The standard InChI is InChI=1S/C36H31ClFN3O/c1-2-3-11-33-31(21-25-12-15-30(16-13-25)41-19-4-5-20-41)35(37)32-23-27(14-17-34(32)40-33)36(42,28-9-7-18-39-24-28)26-8-6-10-29(38)22-26/h4-10,12-20,22-24,42H,2-3,11,21H2,1H3. The van der Waals surface area contributed by atoms with Crippen molar-refractivity contribution >= 4 is 22.5 Å². The van der Waals surface area contributed by atoms with Crippen molar-refractivity contribution < 1.29 is 9.50 Å². The van der Waals surface area contributed by atoms with E-state index in [2.05, 4.69) is 40.7 Å². The molecule has 42 heavy (non-hydrogen) atoms. The topological polar surface area (TPSA) is 50.9 Å². The number of benzene rings is 3. The number of aryl methyl sites for hydroxylation is 1. The van der Waals surface area contributed by atoms with Crippen LogP contribution in [0.5, 0.6) is 0 Å². The molecule has 1 atom stereocenters. The number of aliphatic hydroxyl groups is 1. The highest BCUT2D eigenvalue weighted by Gasteiger charge is 2.35. The summed E-state index contributed by atoms with van der Waals surface area (Å²) in [6.07, 6.45) is 10.8. The molecule has 0 bridgehead atoms. The zero-order chi connectivity index (χ0) is 29.1. The number of unbranched alkanes of at least 4 members (excludes halogenated alkanes) is 1. The Kier molecular flexibility index (Phi) is 7.88. The number of aromatic nitrogens is 3. The van der Waals surface area contributed by atoms with Gasteiger partial charge in [0.2, 0.25) is 0 Å². The van der Waals surface area contributed by atoms with Gasteiger partial charge in [-0.15, -0.1) is 0 Å². The van der Waals surface area contributed by atoms with Crippen molar-refractivity contribution in [2.45, 2.75) is 38.2 Å². The van der Waals surface area contributed by atoms with Gasteiger partial charge in [0.25, 0.3) is 0 Å². The molecule has 6 aromatic rings. The summed E-state index contributed by atoms with van der Waals surface area (Å²) >= 11 is 7.23. The molecule has 4 nitrogen and oxygen atoms in total. The average Bonchev–Trinajstić information content (AvgIpc) is 3.57. The molecule has 0 fully saturated rings. The summed E-state index contributed by atoms with van der Waals surface area (Å²) in [5.74, 6) is -0.430. The summed E-state index contributed by atoms with van der Waals surface area (Å²) in [5.41, 5.74) is 4.80. The van der Waals surface area contributed by atoms with Crippen LogP contribution in [0.1, 0.15) is 53.3 Å². The highest BCUT2D eigenvalue weighted by atomic mass is 35.5. The summed E-state index contributed by atoms with van der Waals surface area (Å²) in [6.45, 7) is 2.17. The molecule has 0 aliphatic heterocycles. The summed E-state index contributed by atoms with van der Waals surface area (Å²) in [4.78, 5) is 9.30. The third-order valence-electron chi connectivity index (χ3n) is 7.83. The van der Waals surface area contributed by atoms with E-state index in [0.29, 0.717) is 28.1 Å². The van der Waals surface area contributed by atoms with Gasteiger partial charge in [-0.3, -0.25) is 9.97 Å². The third kappa shape index (κ3) is 5.34. The lowest BCUT2D eigenvalue weighted by Gasteiger charge is -2.30. The molecule has 3 heterocycles. The summed E-state index contributed by atoms with van der Waals surface area (Å²) in [5, 5.41) is 13.7. The van der Waals surface area contributed by atoms with Gasteiger partial charge in [0.1, 0.15) is 11.4 Å². The molecule has 0 aliphatic carbocycles. The lowest BCUT2D eigenvalue weighted by atomic mass is 9.80. The Bertz CT molecular complexity index is 1820. The quantitative estimate of drug-likeness (QED) is 0.188. The maximum Gasteiger partial charge on any atom is 0.142 e. The lowest BCUT2D eigenvalue weighted by Crippen LogP contribution is -2.29. The highest BCUT2D eigenvalue weighted by molar-refractivity contribution is 6.36. The second kappa shape index (κ2) is 11.9. The van der Waals surface area contributed by atoms with E-state index in [4.69, 9.17) is 16.6 Å². The summed E-state index contributed by atoms with van der Waals surface area (Å²) in [6, 6.07) is 27.7. The molecule has 0 radical (unpaired) electrons.